The molecule has 5 nitrogen and oxygen atoms in total. The average Bonchev–Trinajstić information content (AvgIpc) is 2.25. The standard InChI is InChI=1S/C10H10BrNO4/c11-3-1-2-6-4-7(9(13)14)12-8(5-6)10(15)16/h4-5H,1-3H2,(H,13,14)(H,15,16). The molecule has 0 aliphatic heterocycles. The third-order valence-corrected chi connectivity index (χ3v) is 2.48. The highest BCUT2D eigenvalue weighted by atomic mass is 79.9. The first-order chi connectivity index (χ1) is 7.54. The van der Waals surface area contributed by atoms with Crippen LogP contribution in [-0.4, -0.2) is 32.5 Å². The Hall–Kier alpha value is -1.43. The van der Waals surface area contributed by atoms with Gasteiger partial charge in [-0.25, -0.2) is 14.6 Å². The Bertz CT molecular complexity index is 387. The number of pyridine rings is 1. The fourth-order valence-corrected chi connectivity index (χ4v) is 1.50. The Balaban J connectivity index is 3.08. The average molecular weight is 288 g/mol. The highest BCUT2D eigenvalue weighted by molar-refractivity contribution is 9.09. The molecule has 1 aromatic rings. The number of carboxylic acid groups (broad SMARTS) is 2. The number of nitrogens with zero attached hydrogens (tertiary/aromatic N) is 1. The number of alkyl halides is 1. The van der Waals surface area contributed by atoms with Crippen molar-refractivity contribution in [1.82, 2.24) is 4.98 Å². The van der Waals surface area contributed by atoms with Gasteiger partial charge >= 0.3 is 11.9 Å². The van der Waals surface area contributed by atoms with E-state index in [0.29, 0.717) is 12.0 Å². The van der Waals surface area contributed by atoms with E-state index in [1.54, 1.807) is 0 Å². The summed E-state index contributed by atoms with van der Waals surface area (Å²) in [5, 5.41) is 18.3. The molecule has 0 spiro atoms. The van der Waals surface area contributed by atoms with E-state index in [9.17, 15) is 9.59 Å². The molecule has 1 aromatic heterocycles. The first kappa shape index (κ1) is 12.6. The van der Waals surface area contributed by atoms with Gasteiger partial charge in [0.2, 0.25) is 0 Å². The lowest BCUT2D eigenvalue weighted by Crippen LogP contribution is -2.09. The van der Waals surface area contributed by atoms with Gasteiger partial charge in [0.1, 0.15) is 11.4 Å². The normalized spacial score (nSPS) is 10.1. The largest absolute Gasteiger partial charge is 0.477 e. The van der Waals surface area contributed by atoms with Crippen molar-refractivity contribution >= 4 is 27.9 Å². The van der Waals surface area contributed by atoms with Gasteiger partial charge in [0, 0.05) is 5.33 Å². The number of aryl methyl sites for hydroxylation is 1. The van der Waals surface area contributed by atoms with Gasteiger partial charge in [-0.3, -0.25) is 0 Å². The SMILES string of the molecule is O=C(O)c1cc(CCCBr)cc(C(=O)O)n1. The molecule has 0 aliphatic rings. The van der Waals surface area contributed by atoms with Gasteiger partial charge in [-0.1, -0.05) is 15.9 Å². The molecule has 0 radical (unpaired) electrons. The topological polar surface area (TPSA) is 87.5 Å². The maximum absolute atomic E-state index is 10.7. The lowest BCUT2D eigenvalue weighted by atomic mass is 10.1. The smallest absolute Gasteiger partial charge is 0.354 e. The Kier molecular flexibility index (Phi) is 4.42. The quantitative estimate of drug-likeness (QED) is 0.807. The predicted octanol–water partition coefficient (Wildman–Crippen LogP) is 1.81. The molecular weight excluding hydrogens is 278 g/mol. The van der Waals surface area contributed by atoms with Crippen molar-refractivity contribution in [3.63, 3.8) is 0 Å². The van der Waals surface area contributed by atoms with Crippen molar-refractivity contribution in [1.29, 1.82) is 0 Å². The fraction of sp³-hybridized carbons (Fsp3) is 0.300. The Morgan fingerprint density at radius 2 is 1.69 bits per heavy atom. The monoisotopic (exact) mass is 287 g/mol. The van der Waals surface area contributed by atoms with Crippen LogP contribution >= 0.6 is 15.9 Å². The number of halogens is 1. The molecule has 0 aliphatic carbocycles. The molecule has 0 fully saturated rings. The highest BCUT2D eigenvalue weighted by Gasteiger charge is 2.12. The number of rotatable bonds is 5. The van der Waals surface area contributed by atoms with Crippen LogP contribution in [0.4, 0.5) is 0 Å². The van der Waals surface area contributed by atoms with E-state index in [-0.39, 0.29) is 11.4 Å². The van der Waals surface area contributed by atoms with Crippen LogP contribution in [0.2, 0.25) is 0 Å². The molecule has 0 saturated carbocycles. The second-order valence-electron chi connectivity index (χ2n) is 3.15. The number of carboxylic acids is 2. The summed E-state index contributed by atoms with van der Waals surface area (Å²) in [6.45, 7) is 0. The van der Waals surface area contributed by atoms with E-state index in [0.717, 1.165) is 11.8 Å². The summed E-state index contributed by atoms with van der Waals surface area (Å²) in [5.41, 5.74) is 0.207. The number of aromatic carboxylic acids is 2. The second-order valence-corrected chi connectivity index (χ2v) is 3.94. The molecule has 0 saturated heterocycles. The van der Waals surface area contributed by atoms with Gasteiger partial charge in [-0.2, -0.15) is 0 Å². The van der Waals surface area contributed by atoms with E-state index >= 15 is 0 Å². The zero-order valence-electron chi connectivity index (χ0n) is 8.31. The van der Waals surface area contributed by atoms with E-state index < -0.39 is 11.9 Å². The maximum atomic E-state index is 10.7. The number of hydrogen-bond acceptors (Lipinski definition) is 3. The van der Waals surface area contributed by atoms with Gasteiger partial charge in [0.25, 0.3) is 0 Å². The van der Waals surface area contributed by atoms with E-state index in [2.05, 4.69) is 20.9 Å². The van der Waals surface area contributed by atoms with Crippen molar-refractivity contribution in [3.8, 4) is 0 Å². The number of carbonyl (C=O) groups is 2. The van der Waals surface area contributed by atoms with E-state index in [1.807, 2.05) is 0 Å². The van der Waals surface area contributed by atoms with Crippen molar-refractivity contribution in [2.75, 3.05) is 5.33 Å². The summed E-state index contributed by atoms with van der Waals surface area (Å²) < 4.78 is 0. The van der Waals surface area contributed by atoms with Gasteiger partial charge in [-0.05, 0) is 30.5 Å². The van der Waals surface area contributed by atoms with Gasteiger partial charge in [0.15, 0.2) is 0 Å². The van der Waals surface area contributed by atoms with Crippen LogP contribution in [0, 0.1) is 0 Å². The van der Waals surface area contributed by atoms with Crippen LogP contribution in [-0.2, 0) is 6.42 Å². The van der Waals surface area contributed by atoms with Crippen LogP contribution < -0.4 is 0 Å². The molecule has 0 bridgehead atoms. The van der Waals surface area contributed by atoms with Crippen molar-refractivity contribution in [2.24, 2.45) is 0 Å². The summed E-state index contributed by atoms with van der Waals surface area (Å²) in [4.78, 5) is 25.0. The van der Waals surface area contributed by atoms with Crippen LogP contribution in [0.25, 0.3) is 0 Å². The Labute approximate surface area is 100 Å². The molecule has 0 unspecified atom stereocenters. The lowest BCUT2D eigenvalue weighted by molar-refractivity contribution is 0.0685. The first-order valence-corrected chi connectivity index (χ1v) is 5.70. The van der Waals surface area contributed by atoms with Crippen LogP contribution in [0.5, 0.6) is 0 Å². The molecule has 1 heterocycles. The molecule has 86 valence electrons. The molecule has 0 atom stereocenters. The summed E-state index contributed by atoms with van der Waals surface area (Å²) in [7, 11) is 0. The molecule has 0 aromatic carbocycles. The molecule has 16 heavy (non-hydrogen) atoms. The summed E-state index contributed by atoms with van der Waals surface area (Å²) in [6, 6.07) is 2.80. The summed E-state index contributed by atoms with van der Waals surface area (Å²) in [6.07, 6.45) is 1.43. The van der Waals surface area contributed by atoms with Crippen LogP contribution in [0.1, 0.15) is 33.0 Å². The molecule has 6 heteroatoms. The minimum Gasteiger partial charge on any atom is -0.477 e. The zero-order valence-corrected chi connectivity index (χ0v) is 9.90. The highest BCUT2D eigenvalue weighted by Crippen LogP contribution is 2.10. The van der Waals surface area contributed by atoms with Gasteiger partial charge < -0.3 is 10.2 Å². The van der Waals surface area contributed by atoms with E-state index in [1.165, 1.54) is 12.1 Å². The lowest BCUT2D eigenvalue weighted by Gasteiger charge is -2.03. The predicted molar refractivity (Wildman–Crippen MR) is 60.3 cm³/mol. The molecule has 2 N–H and O–H groups in total. The minimum atomic E-state index is -1.22. The molecule has 0 amide bonds. The third kappa shape index (κ3) is 3.30. The Morgan fingerprint density at radius 1 is 1.19 bits per heavy atom. The van der Waals surface area contributed by atoms with E-state index in [4.69, 9.17) is 10.2 Å². The summed E-state index contributed by atoms with van der Waals surface area (Å²) >= 11 is 3.25. The maximum Gasteiger partial charge on any atom is 0.354 e. The fourth-order valence-electron chi connectivity index (χ4n) is 1.22. The number of hydrogen-bond donors (Lipinski definition) is 2. The Morgan fingerprint density at radius 3 is 2.06 bits per heavy atom. The third-order valence-electron chi connectivity index (χ3n) is 1.92. The van der Waals surface area contributed by atoms with Crippen LogP contribution in [0.15, 0.2) is 12.1 Å². The summed E-state index contributed by atoms with van der Waals surface area (Å²) in [5.74, 6) is -2.44. The van der Waals surface area contributed by atoms with Crippen molar-refractivity contribution in [2.45, 2.75) is 12.8 Å². The number of aromatic nitrogens is 1. The van der Waals surface area contributed by atoms with Crippen molar-refractivity contribution in [3.05, 3.63) is 29.1 Å². The zero-order chi connectivity index (χ0) is 12.1. The minimum absolute atomic E-state index is 0.232. The second kappa shape index (κ2) is 5.60. The van der Waals surface area contributed by atoms with Gasteiger partial charge in [0.05, 0.1) is 0 Å². The molecule has 1 rings (SSSR count). The molecular formula is C10H10BrNO4. The van der Waals surface area contributed by atoms with Crippen LogP contribution in [0.3, 0.4) is 0 Å². The van der Waals surface area contributed by atoms with Gasteiger partial charge in [-0.15, -0.1) is 0 Å². The first-order valence-electron chi connectivity index (χ1n) is 4.58. The van der Waals surface area contributed by atoms with Crippen molar-refractivity contribution < 1.29 is 19.8 Å².